The first kappa shape index (κ1) is 20.9. The van der Waals surface area contributed by atoms with Crippen LogP contribution in [-0.4, -0.2) is 59.1 Å². The molecule has 1 aromatic rings. The second-order valence-electron chi connectivity index (χ2n) is 5.10. The fourth-order valence-electron chi connectivity index (χ4n) is 2.12. The van der Waals surface area contributed by atoms with E-state index in [-0.39, 0.29) is 4.68 Å². The molecular formula is C9H15N3O12P2. The highest BCUT2D eigenvalue weighted by Gasteiger charge is 2.45. The van der Waals surface area contributed by atoms with E-state index in [1.807, 2.05) is 0 Å². The van der Waals surface area contributed by atoms with Gasteiger partial charge in [-0.15, -0.1) is 0 Å². The van der Waals surface area contributed by atoms with E-state index in [2.05, 4.69) is 8.83 Å². The molecule has 1 aromatic heterocycles. The largest absolute Gasteiger partial charge is 0.481 e. The number of nitrogens with two attached hydrogens (primary N) is 1. The fraction of sp³-hybridized carbons (Fsp3) is 0.556. The van der Waals surface area contributed by atoms with Gasteiger partial charge in [-0.1, -0.05) is 0 Å². The first-order valence-corrected chi connectivity index (χ1v) is 9.70. The molecule has 15 nitrogen and oxygen atoms in total. The number of nitrogens with zero attached hydrogens (tertiary/aromatic N) is 2. The number of phosphoric acid groups is 2. The first-order chi connectivity index (χ1) is 11.8. The molecule has 7 N–H and O–H groups in total. The molecule has 5 atom stereocenters. The van der Waals surface area contributed by atoms with Crippen molar-refractivity contribution in [2.24, 2.45) is 0 Å². The predicted octanol–water partition coefficient (Wildman–Crippen LogP) is -3.43. The Morgan fingerprint density at radius 3 is 2.38 bits per heavy atom. The predicted molar refractivity (Wildman–Crippen MR) is 79.9 cm³/mol. The van der Waals surface area contributed by atoms with Crippen LogP contribution in [0.4, 0.5) is 0 Å². The van der Waals surface area contributed by atoms with Gasteiger partial charge in [0.25, 0.3) is 5.56 Å². The Kier molecular flexibility index (Phi) is 5.90. The highest BCUT2D eigenvalue weighted by molar-refractivity contribution is 7.60. The van der Waals surface area contributed by atoms with E-state index < -0.39 is 58.0 Å². The zero-order valence-electron chi connectivity index (χ0n) is 12.6. The van der Waals surface area contributed by atoms with Gasteiger partial charge in [0.2, 0.25) is 0 Å². The quantitative estimate of drug-likeness (QED) is 0.195. The van der Waals surface area contributed by atoms with E-state index in [0.717, 1.165) is 12.3 Å². The summed E-state index contributed by atoms with van der Waals surface area (Å²) in [7, 11) is -10.5. The van der Waals surface area contributed by atoms with Crippen LogP contribution in [0.25, 0.3) is 0 Å². The van der Waals surface area contributed by atoms with E-state index in [0.29, 0.717) is 4.57 Å². The summed E-state index contributed by atoms with van der Waals surface area (Å²) in [6.07, 6.45) is -5.51. The van der Waals surface area contributed by atoms with E-state index in [1.54, 1.807) is 0 Å². The molecule has 2 heterocycles. The van der Waals surface area contributed by atoms with Crippen LogP contribution in [0, 0.1) is 0 Å². The highest BCUT2D eigenvalue weighted by Crippen LogP contribution is 2.57. The summed E-state index contributed by atoms with van der Waals surface area (Å²) >= 11 is 0. The number of aliphatic hydroxyl groups excluding tert-OH is 2. The molecule has 0 spiro atoms. The lowest BCUT2D eigenvalue weighted by Gasteiger charge is -2.18. The summed E-state index contributed by atoms with van der Waals surface area (Å²) in [5.41, 5.74) is -1.91. The van der Waals surface area contributed by atoms with Crippen molar-refractivity contribution in [3.63, 3.8) is 0 Å². The maximum absolute atomic E-state index is 11.9. The van der Waals surface area contributed by atoms with Crippen LogP contribution in [0.5, 0.6) is 0 Å². The average Bonchev–Trinajstić information content (AvgIpc) is 2.77. The highest BCUT2D eigenvalue weighted by atomic mass is 31.3. The van der Waals surface area contributed by atoms with Crippen LogP contribution in [0.3, 0.4) is 0 Å². The number of rotatable bonds is 6. The maximum atomic E-state index is 11.9. The van der Waals surface area contributed by atoms with Gasteiger partial charge in [0.15, 0.2) is 6.23 Å². The molecule has 1 aliphatic heterocycles. The Labute approximate surface area is 143 Å². The third-order valence-corrected chi connectivity index (χ3v) is 5.42. The first-order valence-electron chi connectivity index (χ1n) is 6.67. The summed E-state index contributed by atoms with van der Waals surface area (Å²) in [6, 6.07) is 0.892. The molecule has 17 heteroatoms. The number of aliphatic hydroxyl groups is 2. The molecule has 0 bridgehead atoms. The van der Waals surface area contributed by atoms with Crippen LogP contribution in [0.1, 0.15) is 6.23 Å². The molecule has 0 radical (unpaired) electrons. The Hall–Kier alpha value is -1.38. The molecule has 148 valence electrons. The van der Waals surface area contributed by atoms with Gasteiger partial charge in [-0.25, -0.2) is 13.9 Å². The van der Waals surface area contributed by atoms with Crippen molar-refractivity contribution in [3.05, 3.63) is 33.1 Å². The standard InChI is InChI=1S/C9H15N3O12P2/c10-12-5(13)1-2-11(9(12)16)8-7(15)6(14)4(23-8)3-22-26(20,21)24-25(17,18)19/h1-2,4,6-8,14-15H,3,10H2,(H,20,21)(H2,17,18,19)/t4-,6-,7-,8-/m1/s1. The minimum atomic E-state index is -5.34. The maximum Gasteiger partial charge on any atom is 0.481 e. The van der Waals surface area contributed by atoms with E-state index >= 15 is 0 Å². The van der Waals surface area contributed by atoms with Crippen LogP contribution < -0.4 is 17.1 Å². The summed E-state index contributed by atoms with van der Waals surface area (Å²) in [5, 5.41) is 19.9. The molecule has 0 aromatic carbocycles. The molecule has 0 aliphatic carbocycles. The second-order valence-corrected chi connectivity index (χ2v) is 7.93. The Bertz CT molecular complexity index is 875. The number of phosphoric ester groups is 1. The molecule has 26 heavy (non-hydrogen) atoms. The van der Waals surface area contributed by atoms with Crippen LogP contribution in [-0.2, 0) is 22.7 Å². The molecule has 1 unspecified atom stereocenters. The third kappa shape index (κ3) is 4.66. The smallest absolute Gasteiger partial charge is 0.387 e. The second kappa shape index (κ2) is 7.32. The lowest BCUT2D eigenvalue weighted by molar-refractivity contribution is -0.0546. The van der Waals surface area contributed by atoms with Crippen molar-refractivity contribution in [3.8, 4) is 0 Å². The van der Waals surface area contributed by atoms with Crippen molar-refractivity contribution in [2.45, 2.75) is 24.5 Å². The van der Waals surface area contributed by atoms with Gasteiger partial charge in [-0.2, -0.15) is 8.99 Å². The number of aromatic nitrogens is 2. The molecule has 0 amide bonds. The molecule has 0 saturated carbocycles. The van der Waals surface area contributed by atoms with Gasteiger partial charge in [0.05, 0.1) is 6.61 Å². The summed E-state index contributed by atoms with van der Waals surface area (Å²) in [6.45, 7) is -0.931. The summed E-state index contributed by atoms with van der Waals surface area (Å²) < 4.78 is 35.9. The van der Waals surface area contributed by atoms with Crippen molar-refractivity contribution in [1.82, 2.24) is 9.24 Å². The van der Waals surface area contributed by atoms with Gasteiger partial charge in [0.1, 0.15) is 18.3 Å². The van der Waals surface area contributed by atoms with Gasteiger partial charge in [-0.3, -0.25) is 13.9 Å². The van der Waals surface area contributed by atoms with Gasteiger partial charge >= 0.3 is 21.3 Å². The monoisotopic (exact) mass is 419 g/mol. The lowest BCUT2D eigenvalue weighted by Crippen LogP contribution is -2.46. The third-order valence-electron chi connectivity index (χ3n) is 3.26. The molecule has 2 rings (SSSR count). The Morgan fingerprint density at radius 2 is 1.81 bits per heavy atom. The van der Waals surface area contributed by atoms with Crippen molar-refractivity contribution in [1.29, 1.82) is 0 Å². The minimum Gasteiger partial charge on any atom is -0.387 e. The van der Waals surface area contributed by atoms with Crippen molar-refractivity contribution < 1.29 is 47.6 Å². The lowest BCUT2D eigenvalue weighted by atomic mass is 10.1. The number of ether oxygens (including phenoxy) is 1. The molecular weight excluding hydrogens is 404 g/mol. The zero-order chi connectivity index (χ0) is 19.9. The number of hydrogen-bond acceptors (Lipinski definition) is 10. The van der Waals surface area contributed by atoms with E-state index in [4.69, 9.17) is 25.3 Å². The van der Waals surface area contributed by atoms with Gasteiger partial charge in [0, 0.05) is 12.3 Å². The Morgan fingerprint density at radius 1 is 1.19 bits per heavy atom. The molecule has 1 fully saturated rings. The van der Waals surface area contributed by atoms with Crippen LogP contribution in [0.15, 0.2) is 21.9 Å². The van der Waals surface area contributed by atoms with E-state index in [9.17, 15) is 28.9 Å². The van der Waals surface area contributed by atoms with Gasteiger partial charge in [-0.05, 0) is 0 Å². The molecule has 1 aliphatic rings. The van der Waals surface area contributed by atoms with Crippen molar-refractivity contribution in [2.75, 3.05) is 12.4 Å². The average molecular weight is 419 g/mol. The van der Waals surface area contributed by atoms with E-state index in [1.165, 1.54) is 0 Å². The SMILES string of the molecule is Nn1c(=O)ccn([C@@H]2O[C@H](COP(=O)(O)OP(=O)(O)O)[C@@H](O)[C@H]2O)c1=O. The van der Waals surface area contributed by atoms with Crippen LogP contribution >= 0.6 is 15.6 Å². The topological polar surface area (TPSA) is 233 Å². The fourth-order valence-corrected chi connectivity index (χ4v) is 3.72. The summed E-state index contributed by atoms with van der Waals surface area (Å²) in [4.78, 5) is 49.3. The van der Waals surface area contributed by atoms with Gasteiger partial charge < -0.3 is 35.5 Å². The summed E-state index contributed by atoms with van der Waals surface area (Å²) in [5.74, 6) is 5.23. The molecule has 1 saturated heterocycles. The normalized spacial score (nSPS) is 28.8. The van der Waals surface area contributed by atoms with Crippen LogP contribution in [0.2, 0.25) is 0 Å². The minimum absolute atomic E-state index is 0.224. The number of hydrogen-bond donors (Lipinski definition) is 6. The number of nitrogen functional groups attached to an aromatic ring is 1. The Balaban J connectivity index is 2.14. The zero-order valence-corrected chi connectivity index (χ0v) is 14.4. The van der Waals surface area contributed by atoms with Crippen molar-refractivity contribution >= 4 is 15.6 Å².